The number of hydrogen-bond acceptors (Lipinski definition) is 2. The standard InChI is InChI=1S/C54H61N4O/c1-13-54(12,14-2)38-18-17-19-40(28-38)57-35-58(57,49-21-16-15-20-48(49)57)41-29-39(53(9,10)11)30-43(33-41)59-42-23-25-45-44-24-22-36(51(3,4)5)31-46(44)56(47(45)34-42)50-32-37(26-27-55-50)52(6,7)8/h15-35H,13-14H2,1-12H3/q+1/t57-,58?/m0/s1. The van der Waals surface area contributed by atoms with Crippen LogP contribution in [0.15, 0.2) is 121 Å². The van der Waals surface area contributed by atoms with E-state index in [1.165, 1.54) is 55.8 Å². The number of ether oxygens (including phenoxy) is 1. The quantitative estimate of drug-likeness (QED) is 0.0872. The smallest absolute Gasteiger partial charge is 0.225 e. The van der Waals surface area contributed by atoms with Gasteiger partial charge in [0.2, 0.25) is 11.4 Å². The van der Waals surface area contributed by atoms with Crippen molar-refractivity contribution in [2.45, 2.75) is 118 Å². The summed E-state index contributed by atoms with van der Waals surface area (Å²) in [7, 11) is 0. The molecule has 5 aromatic carbocycles. The van der Waals surface area contributed by atoms with Crippen LogP contribution in [-0.4, -0.2) is 9.55 Å². The largest absolute Gasteiger partial charge is 0.457 e. The molecule has 0 saturated carbocycles. The number of benzene rings is 5. The van der Waals surface area contributed by atoms with Gasteiger partial charge in [-0.3, -0.25) is 4.57 Å². The van der Waals surface area contributed by atoms with E-state index in [1.807, 2.05) is 6.20 Å². The fourth-order valence-corrected chi connectivity index (χ4v) is 9.40. The molecular formula is C54H61N4O+. The van der Waals surface area contributed by atoms with Crippen molar-refractivity contribution in [3.05, 3.63) is 150 Å². The molecule has 2 aromatic heterocycles. The fourth-order valence-electron chi connectivity index (χ4n) is 9.40. The zero-order chi connectivity index (χ0) is 41.9. The highest BCUT2D eigenvalue weighted by Crippen LogP contribution is 2.75. The van der Waals surface area contributed by atoms with E-state index < -0.39 is 0 Å². The second-order valence-corrected chi connectivity index (χ2v) is 20.5. The second-order valence-electron chi connectivity index (χ2n) is 20.5. The van der Waals surface area contributed by atoms with E-state index in [0.29, 0.717) is 9.18 Å². The first-order chi connectivity index (χ1) is 27.8. The average Bonchev–Trinajstić information content (AvgIpc) is 3.70. The molecular weight excluding hydrogens is 721 g/mol. The molecule has 9 rings (SSSR count). The first-order valence-electron chi connectivity index (χ1n) is 21.6. The topological polar surface area (TPSA) is 27.1 Å². The molecule has 0 N–H and O–H groups in total. The van der Waals surface area contributed by atoms with Crippen LogP contribution in [0.4, 0.5) is 22.7 Å². The third-order valence-corrected chi connectivity index (χ3v) is 13.7. The summed E-state index contributed by atoms with van der Waals surface area (Å²) in [6, 6.07) is 43.1. The zero-order valence-corrected chi connectivity index (χ0v) is 37.2. The Labute approximate surface area is 352 Å². The molecule has 59 heavy (non-hydrogen) atoms. The molecule has 2 atom stereocenters. The molecule has 302 valence electrons. The maximum atomic E-state index is 7.04. The van der Waals surface area contributed by atoms with Gasteiger partial charge in [0.1, 0.15) is 17.3 Å². The monoisotopic (exact) mass is 781 g/mol. The van der Waals surface area contributed by atoms with E-state index in [-0.39, 0.29) is 21.7 Å². The molecule has 5 heteroatoms. The molecule has 1 unspecified atom stereocenters. The van der Waals surface area contributed by atoms with E-state index in [2.05, 4.69) is 210 Å². The first-order valence-corrected chi connectivity index (χ1v) is 21.6. The Balaban J connectivity index is 1.19. The molecule has 7 aromatic rings. The lowest BCUT2D eigenvalue weighted by atomic mass is 9.78. The van der Waals surface area contributed by atoms with E-state index in [1.54, 1.807) is 0 Å². The van der Waals surface area contributed by atoms with Crippen LogP contribution in [0.2, 0.25) is 0 Å². The van der Waals surface area contributed by atoms with Crippen LogP contribution in [-0.2, 0) is 21.7 Å². The Morgan fingerprint density at radius 3 is 1.76 bits per heavy atom. The summed E-state index contributed by atoms with van der Waals surface area (Å²) in [5, 5.41) is 2.39. The number of quaternary nitrogens is 2. The number of para-hydroxylation sites is 2. The number of hydrogen-bond donors (Lipinski definition) is 0. The van der Waals surface area contributed by atoms with Gasteiger partial charge in [-0.2, -0.15) is 9.18 Å². The van der Waals surface area contributed by atoms with Gasteiger partial charge in [-0.05, 0) is 93.2 Å². The molecule has 1 fully saturated rings. The maximum absolute atomic E-state index is 7.04. The van der Waals surface area contributed by atoms with Crippen LogP contribution >= 0.6 is 0 Å². The summed E-state index contributed by atoms with van der Waals surface area (Å²) in [5.41, 5.74) is 12.6. The summed E-state index contributed by atoms with van der Waals surface area (Å²) in [6.45, 7) is 30.0. The Morgan fingerprint density at radius 2 is 1.12 bits per heavy atom. The Kier molecular flexibility index (Phi) is 8.74. The van der Waals surface area contributed by atoms with Crippen molar-refractivity contribution in [3.63, 3.8) is 0 Å². The lowest BCUT2D eigenvalue weighted by Gasteiger charge is -2.40. The van der Waals surface area contributed by atoms with Gasteiger partial charge in [0.15, 0.2) is 18.0 Å². The molecule has 2 aliphatic heterocycles. The normalized spacial score (nSPS) is 19.1. The fraction of sp³-hybridized carbons (Fsp3) is 0.333. The number of pyridine rings is 1. The van der Waals surface area contributed by atoms with Gasteiger partial charge in [-0.25, -0.2) is 4.98 Å². The van der Waals surface area contributed by atoms with Gasteiger partial charge in [0.05, 0.1) is 11.0 Å². The van der Waals surface area contributed by atoms with E-state index in [0.717, 1.165) is 41.2 Å². The molecule has 0 amide bonds. The first kappa shape index (κ1) is 39.2. The molecule has 5 nitrogen and oxygen atoms in total. The van der Waals surface area contributed by atoms with Gasteiger partial charge < -0.3 is 4.74 Å². The van der Waals surface area contributed by atoms with E-state index >= 15 is 0 Å². The molecule has 1 saturated heterocycles. The van der Waals surface area contributed by atoms with Crippen molar-refractivity contribution in [1.29, 1.82) is 0 Å². The molecule has 4 heterocycles. The highest BCUT2D eigenvalue weighted by Gasteiger charge is 2.78. The average molecular weight is 782 g/mol. The van der Waals surface area contributed by atoms with Crippen LogP contribution in [0.25, 0.3) is 27.6 Å². The Bertz CT molecular complexity index is 2790. The lowest BCUT2D eigenvalue weighted by Crippen LogP contribution is -2.46. The molecule has 2 aliphatic rings. The Hall–Kier alpha value is -5.23. The van der Waals surface area contributed by atoms with Crippen LogP contribution in [0.3, 0.4) is 0 Å². The number of fused-ring (bicyclic) bond motifs is 7. The third kappa shape index (κ3) is 5.98. The van der Waals surface area contributed by atoms with Crippen molar-refractivity contribution in [1.82, 2.24) is 18.7 Å². The molecule has 0 radical (unpaired) electrons. The van der Waals surface area contributed by atoms with E-state index in [4.69, 9.17) is 9.72 Å². The predicted octanol–water partition coefficient (Wildman–Crippen LogP) is 15.3. The van der Waals surface area contributed by atoms with Crippen LogP contribution in [0.1, 0.15) is 118 Å². The Morgan fingerprint density at radius 1 is 0.525 bits per heavy atom. The molecule has 0 bridgehead atoms. The van der Waals surface area contributed by atoms with Gasteiger partial charge in [0.25, 0.3) is 0 Å². The van der Waals surface area contributed by atoms with Crippen molar-refractivity contribution in [2.75, 3.05) is 0 Å². The summed E-state index contributed by atoms with van der Waals surface area (Å²) in [4.78, 5) is 4.99. The summed E-state index contributed by atoms with van der Waals surface area (Å²) >= 11 is 0. The van der Waals surface area contributed by atoms with Crippen LogP contribution < -0.4 is 13.9 Å². The second kappa shape index (κ2) is 13.1. The van der Waals surface area contributed by atoms with E-state index in [9.17, 15) is 0 Å². The zero-order valence-electron chi connectivity index (χ0n) is 37.2. The lowest BCUT2D eigenvalue weighted by molar-refractivity contribution is 0.416. The third-order valence-electron chi connectivity index (χ3n) is 13.7. The van der Waals surface area contributed by atoms with Gasteiger partial charge in [0, 0.05) is 59.4 Å². The van der Waals surface area contributed by atoms with Gasteiger partial charge in [-0.1, -0.05) is 119 Å². The minimum Gasteiger partial charge on any atom is -0.457 e. The maximum Gasteiger partial charge on any atom is 0.225 e. The summed E-state index contributed by atoms with van der Waals surface area (Å²) < 4.78 is 10.7. The predicted molar refractivity (Wildman–Crippen MR) is 249 cm³/mol. The van der Waals surface area contributed by atoms with Crippen LogP contribution in [0, 0.1) is 6.67 Å². The van der Waals surface area contributed by atoms with Gasteiger partial charge >= 0.3 is 0 Å². The van der Waals surface area contributed by atoms with Crippen molar-refractivity contribution < 1.29 is 4.74 Å². The number of rotatable bonds is 8. The SMILES string of the molecule is CCC(C)(CC)c1cccc([N@+]23[CH-][N+]2(c2cc(Oc4ccc5c6ccc(C(C)(C)C)cc6n(-c6cc(C(C)(C)C)ccn6)c5c4)cc(C(C)(C)C)c2)c2ccccc23)c1. The van der Waals surface area contributed by atoms with Gasteiger partial charge in [-0.15, -0.1) is 0 Å². The number of nitrogens with zero attached hydrogens (tertiary/aromatic N) is 4. The molecule has 0 spiro atoms. The minimum absolute atomic E-state index is 0.00284. The van der Waals surface area contributed by atoms with Crippen molar-refractivity contribution in [3.8, 4) is 17.3 Å². The van der Waals surface area contributed by atoms with Crippen molar-refractivity contribution >= 4 is 44.6 Å². The van der Waals surface area contributed by atoms with Crippen molar-refractivity contribution in [2.24, 2.45) is 0 Å². The van der Waals surface area contributed by atoms with Crippen LogP contribution in [0.5, 0.6) is 11.5 Å². The summed E-state index contributed by atoms with van der Waals surface area (Å²) in [6.07, 6.45) is 4.16. The highest BCUT2D eigenvalue weighted by molar-refractivity contribution is 6.09. The highest BCUT2D eigenvalue weighted by atomic mass is 16.5. The number of aromatic nitrogens is 2. The molecule has 0 aliphatic carbocycles. The summed E-state index contributed by atoms with van der Waals surface area (Å²) in [5.74, 6) is 2.55. The minimum atomic E-state index is -0.0998.